The molecule has 0 saturated carbocycles. The minimum Gasteiger partial charge on any atom is -0.489 e. The Morgan fingerprint density at radius 3 is 2.47 bits per heavy atom. The van der Waals surface area contributed by atoms with Gasteiger partial charge >= 0.3 is 0 Å². The predicted molar refractivity (Wildman–Crippen MR) is 130 cm³/mol. The molecule has 0 fully saturated rings. The second-order valence-electron chi connectivity index (χ2n) is 7.47. The zero-order valence-corrected chi connectivity index (χ0v) is 18.9. The van der Waals surface area contributed by atoms with Crippen molar-refractivity contribution in [2.24, 2.45) is 0 Å². The van der Waals surface area contributed by atoms with Gasteiger partial charge in [-0.1, -0.05) is 60.1 Å². The first-order valence-corrected chi connectivity index (χ1v) is 10.6. The summed E-state index contributed by atoms with van der Waals surface area (Å²) in [6.07, 6.45) is 0. The highest BCUT2D eigenvalue weighted by Crippen LogP contribution is 2.33. The number of hydrogen-bond acceptors (Lipinski definition) is 4. The molecule has 0 spiro atoms. The molecule has 0 atom stereocenters. The third-order valence-corrected chi connectivity index (χ3v) is 5.63. The molecule has 5 rings (SSSR count). The number of halogens is 2. The number of ether oxygens (including phenoxy) is 3. The van der Waals surface area contributed by atoms with E-state index >= 15 is 0 Å². The van der Waals surface area contributed by atoms with Gasteiger partial charge in [0.25, 0.3) is 0 Å². The van der Waals surface area contributed by atoms with Crippen molar-refractivity contribution in [3.63, 3.8) is 0 Å². The summed E-state index contributed by atoms with van der Waals surface area (Å²) >= 11 is 5.99. The van der Waals surface area contributed by atoms with Crippen LogP contribution in [0.2, 0.25) is 5.02 Å². The van der Waals surface area contributed by atoms with Crippen LogP contribution in [0.25, 0.3) is 10.8 Å². The Morgan fingerprint density at radius 1 is 0.812 bits per heavy atom. The molecule has 1 heterocycles. The maximum Gasteiger partial charge on any atom is 0.231 e. The van der Waals surface area contributed by atoms with Crippen molar-refractivity contribution >= 4 is 34.8 Å². The van der Waals surface area contributed by atoms with Gasteiger partial charge in [-0.25, -0.2) is 0 Å². The van der Waals surface area contributed by atoms with Gasteiger partial charge in [-0.15, -0.1) is 12.4 Å². The topological polar surface area (TPSA) is 39.7 Å². The monoisotopic (exact) mass is 467 g/mol. The van der Waals surface area contributed by atoms with E-state index in [0.717, 1.165) is 45.5 Å². The second kappa shape index (κ2) is 10.1. The van der Waals surface area contributed by atoms with Crippen molar-refractivity contribution in [1.29, 1.82) is 0 Å². The summed E-state index contributed by atoms with van der Waals surface area (Å²) in [6, 6.07) is 26.3. The molecule has 4 aromatic rings. The van der Waals surface area contributed by atoms with Crippen LogP contribution >= 0.6 is 24.0 Å². The largest absolute Gasteiger partial charge is 0.489 e. The van der Waals surface area contributed by atoms with Gasteiger partial charge in [-0.05, 0) is 52.2 Å². The number of nitrogens with one attached hydrogen (secondary N) is 1. The number of hydrogen-bond donors (Lipinski definition) is 1. The Hall–Kier alpha value is -2.92. The summed E-state index contributed by atoms with van der Waals surface area (Å²) in [5.74, 6) is 2.49. The van der Waals surface area contributed by atoms with Crippen molar-refractivity contribution in [3.8, 4) is 17.2 Å². The highest BCUT2D eigenvalue weighted by atomic mass is 35.5. The average molecular weight is 468 g/mol. The van der Waals surface area contributed by atoms with E-state index in [2.05, 4.69) is 47.8 Å². The normalized spacial score (nSPS) is 11.9. The molecule has 0 aromatic heterocycles. The van der Waals surface area contributed by atoms with E-state index < -0.39 is 0 Å². The van der Waals surface area contributed by atoms with Gasteiger partial charge in [0.05, 0.1) is 0 Å². The lowest BCUT2D eigenvalue weighted by atomic mass is 10.0. The van der Waals surface area contributed by atoms with Crippen LogP contribution in [0.3, 0.4) is 0 Å². The smallest absolute Gasteiger partial charge is 0.231 e. The van der Waals surface area contributed by atoms with Crippen LogP contribution in [0.5, 0.6) is 17.2 Å². The van der Waals surface area contributed by atoms with Crippen LogP contribution < -0.4 is 19.5 Å². The molecule has 1 aliphatic heterocycles. The van der Waals surface area contributed by atoms with Crippen molar-refractivity contribution in [3.05, 3.63) is 101 Å². The number of fused-ring (bicyclic) bond motifs is 2. The van der Waals surface area contributed by atoms with Crippen LogP contribution in [-0.2, 0) is 19.7 Å². The lowest BCUT2D eigenvalue weighted by Gasteiger charge is -2.15. The summed E-state index contributed by atoms with van der Waals surface area (Å²) < 4.78 is 17.1. The Balaban J connectivity index is 0.00000245. The Labute approximate surface area is 198 Å². The standard InChI is InChI=1S/C26H22ClNO3.ClH/c27-21-9-5-18(6-10-21)16-29-24-12-8-20-3-1-2-4-22(20)23(24)15-28-14-19-7-11-25-26(13-19)31-17-30-25;/h1-13,28H,14-17H2;1H. The maximum absolute atomic E-state index is 6.21. The van der Waals surface area contributed by atoms with Crippen LogP contribution in [0.4, 0.5) is 0 Å². The lowest BCUT2D eigenvalue weighted by molar-refractivity contribution is 0.174. The summed E-state index contributed by atoms with van der Waals surface area (Å²) in [6.45, 7) is 2.18. The van der Waals surface area contributed by atoms with E-state index in [1.54, 1.807) is 0 Å². The molecule has 4 aromatic carbocycles. The summed E-state index contributed by atoms with van der Waals surface area (Å²) in [7, 11) is 0. The van der Waals surface area contributed by atoms with Gasteiger partial charge in [0.15, 0.2) is 11.5 Å². The van der Waals surface area contributed by atoms with Crippen molar-refractivity contribution in [1.82, 2.24) is 5.32 Å². The average Bonchev–Trinajstić information content (AvgIpc) is 3.27. The first kappa shape index (κ1) is 22.3. The van der Waals surface area contributed by atoms with E-state index in [4.69, 9.17) is 25.8 Å². The zero-order valence-electron chi connectivity index (χ0n) is 17.3. The van der Waals surface area contributed by atoms with Gasteiger partial charge < -0.3 is 19.5 Å². The van der Waals surface area contributed by atoms with Crippen LogP contribution in [-0.4, -0.2) is 6.79 Å². The molecule has 0 radical (unpaired) electrons. The molecular weight excluding hydrogens is 445 g/mol. The van der Waals surface area contributed by atoms with Gasteiger partial charge in [0.2, 0.25) is 6.79 Å². The van der Waals surface area contributed by atoms with Crippen LogP contribution in [0.15, 0.2) is 78.9 Å². The Bertz CT molecular complexity index is 1210. The highest BCUT2D eigenvalue weighted by Gasteiger charge is 2.14. The molecule has 4 nitrogen and oxygen atoms in total. The first-order valence-electron chi connectivity index (χ1n) is 10.2. The Kier molecular flexibility index (Phi) is 7.05. The summed E-state index contributed by atoms with van der Waals surface area (Å²) in [4.78, 5) is 0. The van der Waals surface area contributed by atoms with Gasteiger partial charge in [-0.2, -0.15) is 0 Å². The highest BCUT2D eigenvalue weighted by molar-refractivity contribution is 6.30. The Morgan fingerprint density at radius 2 is 1.59 bits per heavy atom. The van der Waals surface area contributed by atoms with Gasteiger partial charge in [-0.3, -0.25) is 0 Å². The van der Waals surface area contributed by atoms with Crippen molar-refractivity contribution in [2.45, 2.75) is 19.7 Å². The van der Waals surface area contributed by atoms with Gasteiger partial charge in [0.1, 0.15) is 12.4 Å². The molecule has 0 amide bonds. The van der Waals surface area contributed by atoms with E-state index in [9.17, 15) is 0 Å². The van der Waals surface area contributed by atoms with Crippen LogP contribution in [0, 0.1) is 0 Å². The van der Waals surface area contributed by atoms with E-state index in [1.165, 1.54) is 10.8 Å². The summed E-state index contributed by atoms with van der Waals surface area (Å²) in [5.41, 5.74) is 3.37. The quantitative estimate of drug-likeness (QED) is 0.336. The van der Waals surface area contributed by atoms with E-state index in [1.807, 2.05) is 36.4 Å². The number of benzene rings is 4. The fourth-order valence-electron chi connectivity index (χ4n) is 3.76. The van der Waals surface area contributed by atoms with Crippen molar-refractivity contribution < 1.29 is 14.2 Å². The molecule has 32 heavy (non-hydrogen) atoms. The molecule has 0 aliphatic carbocycles. The second-order valence-corrected chi connectivity index (χ2v) is 7.91. The molecule has 0 unspecified atom stereocenters. The number of rotatable bonds is 7. The maximum atomic E-state index is 6.21. The fraction of sp³-hybridized carbons (Fsp3) is 0.154. The molecular formula is C26H23Cl2NO3. The van der Waals surface area contributed by atoms with E-state index in [0.29, 0.717) is 13.2 Å². The third-order valence-electron chi connectivity index (χ3n) is 5.37. The predicted octanol–water partition coefficient (Wildman–Crippen LogP) is 6.51. The molecule has 6 heteroatoms. The zero-order chi connectivity index (χ0) is 21.0. The third kappa shape index (κ3) is 4.94. The molecule has 0 saturated heterocycles. The van der Waals surface area contributed by atoms with Crippen LogP contribution in [0.1, 0.15) is 16.7 Å². The van der Waals surface area contributed by atoms with Crippen molar-refractivity contribution in [2.75, 3.05) is 6.79 Å². The van der Waals surface area contributed by atoms with E-state index in [-0.39, 0.29) is 19.2 Å². The SMILES string of the molecule is Cl.Clc1ccc(COc2ccc3ccccc3c2CNCc2ccc3c(c2)OCO3)cc1. The molecule has 1 aliphatic rings. The minimum absolute atomic E-state index is 0. The summed E-state index contributed by atoms with van der Waals surface area (Å²) in [5, 5.41) is 6.66. The molecule has 0 bridgehead atoms. The fourth-order valence-corrected chi connectivity index (χ4v) is 3.88. The first-order chi connectivity index (χ1) is 15.3. The minimum atomic E-state index is 0. The van der Waals surface area contributed by atoms with Gasteiger partial charge in [0, 0.05) is 23.7 Å². The molecule has 1 N–H and O–H groups in total. The lowest BCUT2D eigenvalue weighted by Crippen LogP contribution is -2.14. The molecule has 164 valence electrons.